The normalized spacial score (nSPS) is 21.0. The van der Waals surface area contributed by atoms with Crippen molar-refractivity contribution in [3.63, 3.8) is 0 Å². The van der Waals surface area contributed by atoms with Crippen LogP contribution >= 0.6 is 11.6 Å². The molecule has 2 heterocycles. The van der Waals surface area contributed by atoms with Crippen LogP contribution in [0, 0.1) is 0 Å². The van der Waals surface area contributed by atoms with E-state index in [0.717, 1.165) is 37.5 Å². The number of amides is 1. The van der Waals surface area contributed by atoms with E-state index in [4.69, 9.17) is 16.0 Å². The van der Waals surface area contributed by atoms with Gasteiger partial charge in [-0.3, -0.25) is 4.79 Å². The standard InChI is InChI=1S/C19H21ClN2O2/c20-16-5-3-15(4-6-16)14-22-11-9-17(10-12-22)21-19(23)8-7-18-2-1-13-24-18/h1-8,13,17H,9-12,14H2,(H,21,23)/p+1/b8-7+. The minimum Gasteiger partial charge on any atom is -0.465 e. The molecule has 1 aliphatic heterocycles. The molecule has 2 aromatic rings. The van der Waals surface area contributed by atoms with Gasteiger partial charge < -0.3 is 14.6 Å². The summed E-state index contributed by atoms with van der Waals surface area (Å²) < 4.78 is 5.17. The number of quaternary nitrogens is 1. The van der Waals surface area contributed by atoms with Crippen LogP contribution in [0.25, 0.3) is 6.08 Å². The van der Waals surface area contributed by atoms with Gasteiger partial charge in [-0.2, -0.15) is 0 Å². The van der Waals surface area contributed by atoms with Crippen LogP contribution in [0.5, 0.6) is 0 Å². The number of hydrogen-bond acceptors (Lipinski definition) is 2. The first-order chi connectivity index (χ1) is 11.7. The van der Waals surface area contributed by atoms with E-state index in [0.29, 0.717) is 5.76 Å². The average molecular weight is 346 g/mol. The summed E-state index contributed by atoms with van der Waals surface area (Å²) >= 11 is 5.92. The number of rotatable bonds is 5. The monoisotopic (exact) mass is 345 g/mol. The molecule has 3 rings (SSSR count). The molecule has 0 unspecified atom stereocenters. The summed E-state index contributed by atoms with van der Waals surface area (Å²) in [7, 11) is 0. The van der Waals surface area contributed by atoms with Crippen LogP contribution in [-0.4, -0.2) is 25.0 Å². The molecule has 0 saturated carbocycles. The highest BCUT2D eigenvalue weighted by molar-refractivity contribution is 6.30. The summed E-state index contributed by atoms with van der Waals surface area (Å²) in [6.45, 7) is 3.14. The smallest absolute Gasteiger partial charge is 0.244 e. The first-order valence-electron chi connectivity index (χ1n) is 8.29. The van der Waals surface area contributed by atoms with Crippen LogP contribution < -0.4 is 10.2 Å². The number of furan rings is 1. The highest BCUT2D eigenvalue weighted by atomic mass is 35.5. The Morgan fingerprint density at radius 2 is 2.00 bits per heavy atom. The van der Waals surface area contributed by atoms with Gasteiger partial charge in [0.05, 0.1) is 19.4 Å². The fourth-order valence-electron chi connectivity index (χ4n) is 3.03. The fourth-order valence-corrected chi connectivity index (χ4v) is 3.16. The molecule has 1 saturated heterocycles. The summed E-state index contributed by atoms with van der Waals surface area (Å²) in [5.41, 5.74) is 1.30. The van der Waals surface area contributed by atoms with Crippen molar-refractivity contribution in [1.82, 2.24) is 5.32 Å². The van der Waals surface area contributed by atoms with E-state index in [1.807, 2.05) is 18.2 Å². The molecule has 126 valence electrons. The molecule has 1 aromatic carbocycles. The Kier molecular flexibility index (Phi) is 5.72. The van der Waals surface area contributed by atoms with Gasteiger partial charge >= 0.3 is 0 Å². The number of carbonyl (C=O) groups is 1. The molecule has 0 radical (unpaired) electrons. The lowest BCUT2D eigenvalue weighted by Crippen LogP contribution is -3.12. The van der Waals surface area contributed by atoms with Gasteiger partial charge in [0.2, 0.25) is 5.91 Å². The lowest BCUT2D eigenvalue weighted by molar-refractivity contribution is -0.918. The molecule has 0 atom stereocenters. The van der Waals surface area contributed by atoms with E-state index in [-0.39, 0.29) is 11.9 Å². The van der Waals surface area contributed by atoms with E-state index in [1.165, 1.54) is 11.6 Å². The lowest BCUT2D eigenvalue weighted by Gasteiger charge is -2.29. The first kappa shape index (κ1) is 16.8. The third kappa shape index (κ3) is 4.98. The number of halogens is 1. The summed E-state index contributed by atoms with van der Waals surface area (Å²) in [5.74, 6) is 0.630. The Bertz CT molecular complexity index is 672. The third-order valence-corrected chi connectivity index (χ3v) is 4.60. The molecule has 0 bridgehead atoms. The van der Waals surface area contributed by atoms with Crippen molar-refractivity contribution in [2.45, 2.75) is 25.4 Å². The van der Waals surface area contributed by atoms with Gasteiger partial charge in [0.1, 0.15) is 12.3 Å². The maximum absolute atomic E-state index is 12.0. The highest BCUT2D eigenvalue weighted by Crippen LogP contribution is 2.09. The molecule has 2 N–H and O–H groups in total. The van der Waals surface area contributed by atoms with Gasteiger partial charge in [0.15, 0.2) is 0 Å². The van der Waals surface area contributed by atoms with Crippen LogP contribution in [0.3, 0.4) is 0 Å². The molecular formula is C19H22ClN2O2+. The summed E-state index contributed by atoms with van der Waals surface area (Å²) in [6, 6.07) is 11.9. The van der Waals surface area contributed by atoms with Crippen molar-refractivity contribution in [1.29, 1.82) is 0 Å². The largest absolute Gasteiger partial charge is 0.465 e. The molecule has 1 aliphatic rings. The maximum Gasteiger partial charge on any atom is 0.244 e. The quantitative estimate of drug-likeness (QED) is 0.817. The van der Waals surface area contributed by atoms with Crippen LogP contribution in [0.4, 0.5) is 0 Å². The van der Waals surface area contributed by atoms with E-state index in [9.17, 15) is 4.79 Å². The Hall–Kier alpha value is -2.04. The Labute approximate surface area is 147 Å². The average Bonchev–Trinajstić information content (AvgIpc) is 3.10. The van der Waals surface area contributed by atoms with E-state index in [2.05, 4.69) is 17.4 Å². The Morgan fingerprint density at radius 3 is 2.67 bits per heavy atom. The molecule has 4 nitrogen and oxygen atoms in total. The molecule has 1 amide bonds. The van der Waals surface area contributed by atoms with Gasteiger partial charge in [-0.05, 0) is 30.3 Å². The van der Waals surface area contributed by atoms with Crippen molar-refractivity contribution in [3.8, 4) is 0 Å². The molecule has 1 fully saturated rings. The van der Waals surface area contributed by atoms with Gasteiger partial charge in [0.25, 0.3) is 0 Å². The zero-order valence-electron chi connectivity index (χ0n) is 13.5. The molecule has 5 heteroatoms. The summed E-state index contributed by atoms with van der Waals surface area (Å²) in [5, 5.41) is 3.85. The fraction of sp³-hybridized carbons (Fsp3) is 0.316. The molecular weight excluding hydrogens is 324 g/mol. The topological polar surface area (TPSA) is 46.7 Å². The predicted molar refractivity (Wildman–Crippen MR) is 94.8 cm³/mol. The highest BCUT2D eigenvalue weighted by Gasteiger charge is 2.22. The molecule has 1 aromatic heterocycles. The number of nitrogens with one attached hydrogen (secondary N) is 2. The van der Waals surface area contributed by atoms with Crippen LogP contribution in [0.2, 0.25) is 5.02 Å². The second-order valence-electron chi connectivity index (χ2n) is 6.18. The number of carbonyl (C=O) groups excluding carboxylic acids is 1. The lowest BCUT2D eigenvalue weighted by atomic mass is 10.0. The van der Waals surface area contributed by atoms with E-state index in [1.54, 1.807) is 23.3 Å². The van der Waals surface area contributed by atoms with Gasteiger partial charge in [-0.15, -0.1) is 0 Å². The SMILES string of the molecule is O=C(/C=C/c1ccco1)NC1CC[NH+](Cc2ccc(Cl)cc2)CC1. The molecule has 0 aliphatic carbocycles. The van der Waals surface area contributed by atoms with Gasteiger partial charge in [0, 0.05) is 35.5 Å². The summed E-state index contributed by atoms with van der Waals surface area (Å²) in [4.78, 5) is 13.5. The van der Waals surface area contributed by atoms with Crippen molar-refractivity contribution < 1.29 is 14.1 Å². The van der Waals surface area contributed by atoms with Crippen molar-refractivity contribution in [2.24, 2.45) is 0 Å². The maximum atomic E-state index is 12.0. The molecule has 24 heavy (non-hydrogen) atoms. The van der Waals surface area contributed by atoms with Crippen molar-refractivity contribution in [2.75, 3.05) is 13.1 Å². The Balaban J connectivity index is 1.41. The summed E-state index contributed by atoms with van der Waals surface area (Å²) in [6.07, 6.45) is 6.82. The Morgan fingerprint density at radius 1 is 1.25 bits per heavy atom. The van der Waals surface area contributed by atoms with Crippen molar-refractivity contribution >= 4 is 23.6 Å². The van der Waals surface area contributed by atoms with Crippen LogP contribution in [0.1, 0.15) is 24.2 Å². The molecule has 0 spiro atoms. The zero-order chi connectivity index (χ0) is 16.8. The minimum absolute atomic E-state index is 0.0578. The number of hydrogen-bond donors (Lipinski definition) is 2. The third-order valence-electron chi connectivity index (χ3n) is 4.35. The second-order valence-corrected chi connectivity index (χ2v) is 6.62. The van der Waals surface area contributed by atoms with Crippen LogP contribution in [0.15, 0.2) is 53.2 Å². The van der Waals surface area contributed by atoms with E-state index < -0.39 is 0 Å². The van der Waals surface area contributed by atoms with E-state index >= 15 is 0 Å². The number of likely N-dealkylation sites (tertiary alicyclic amines) is 1. The first-order valence-corrected chi connectivity index (χ1v) is 8.67. The number of piperidine rings is 1. The van der Waals surface area contributed by atoms with Crippen molar-refractivity contribution in [3.05, 3.63) is 65.1 Å². The second kappa shape index (κ2) is 8.18. The van der Waals surface area contributed by atoms with Crippen LogP contribution in [-0.2, 0) is 11.3 Å². The minimum atomic E-state index is -0.0578. The zero-order valence-corrected chi connectivity index (χ0v) is 14.3. The predicted octanol–water partition coefficient (Wildman–Crippen LogP) is 2.31. The number of benzene rings is 1. The van der Waals surface area contributed by atoms with Gasteiger partial charge in [-0.1, -0.05) is 23.7 Å². The van der Waals surface area contributed by atoms with Gasteiger partial charge in [-0.25, -0.2) is 0 Å².